The lowest BCUT2D eigenvalue weighted by molar-refractivity contribution is -0.119. The number of nitrogens with one attached hydrogen (secondary N) is 1. The van der Waals surface area contributed by atoms with Crippen LogP contribution < -0.4 is 9.62 Å². The Kier molecular flexibility index (Phi) is 6.32. The molecule has 1 saturated carbocycles. The number of sulfonamides is 1. The molecule has 2 aliphatic heterocycles. The smallest absolute Gasteiger partial charge is 0.242 e. The van der Waals surface area contributed by atoms with E-state index in [0.29, 0.717) is 31.7 Å². The van der Waals surface area contributed by atoms with Gasteiger partial charge in [-0.25, -0.2) is 13.1 Å². The quantitative estimate of drug-likeness (QED) is 0.636. The van der Waals surface area contributed by atoms with Crippen molar-refractivity contribution in [1.29, 1.82) is 0 Å². The van der Waals surface area contributed by atoms with Gasteiger partial charge in [0.15, 0.2) is 0 Å². The molecule has 160 valence electrons. The summed E-state index contributed by atoms with van der Waals surface area (Å²) in [5.74, 6) is 0.131. The molecule has 4 rings (SSSR count). The highest BCUT2D eigenvalue weighted by atomic mass is 79.9. The topological polar surface area (TPSA) is 73.0 Å². The van der Waals surface area contributed by atoms with Crippen molar-refractivity contribution in [2.75, 3.05) is 57.3 Å². The summed E-state index contributed by atoms with van der Waals surface area (Å²) < 4.78 is 29.8. The van der Waals surface area contributed by atoms with Crippen LogP contribution in [0.15, 0.2) is 21.5 Å². The number of fused-ring (bicyclic) bond motifs is 1. The molecule has 0 spiro atoms. The van der Waals surface area contributed by atoms with Crippen LogP contribution in [-0.4, -0.2) is 76.5 Å². The Labute approximate surface area is 181 Å². The number of carbonyl (C=O) groups excluding carboxylic acids is 1. The zero-order valence-electron chi connectivity index (χ0n) is 16.9. The van der Waals surface area contributed by atoms with Crippen LogP contribution in [0, 0.1) is 5.92 Å². The predicted molar refractivity (Wildman–Crippen MR) is 117 cm³/mol. The van der Waals surface area contributed by atoms with Crippen molar-refractivity contribution in [3.63, 3.8) is 0 Å². The number of piperazine rings is 1. The second kappa shape index (κ2) is 8.63. The van der Waals surface area contributed by atoms with Crippen molar-refractivity contribution in [2.45, 2.75) is 31.1 Å². The molecule has 1 amide bonds. The Morgan fingerprint density at radius 1 is 1.14 bits per heavy atom. The van der Waals surface area contributed by atoms with Crippen molar-refractivity contribution >= 4 is 37.5 Å². The molecular formula is C20H29BrN4O3S. The third-order valence-electron chi connectivity index (χ3n) is 6.11. The number of benzene rings is 1. The van der Waals surface area contributed by atoms with Gasteiger partial charge in [-0.1, -0.05) is 22.9 Å². The highest BCUT2D eigenvalue weighted by Crippen LogP contribution is 2.41. The lowest BCUT2D eigenvalue weighted by Gasteiger charge is -2.33. The number of nitrogens with zero attached hydrogens (tertiary/aromatic N) is 3. The fourth-order valence-electron chi connectivity index (χ4n) is 4.19. The average Bonchev–Trinajstić information content (AvgIpc) is 3.47. The maximum atomic E-state index is 13.1. The summed E-state index contributed by atoms with van der Waals surface area (Å²) in [6.07, 6.45) is 2.51. The maximum Gasteiger partial charge on any atom is 0.242 e. The monoisotopic (exact) mass is 484 g/mol. The normalized spacial score (nSPS) is 20.8. The fourth-order valence-corrected chi connectivity index (χ4v) is 6.14. The standard InChI is InChI=1S/C20H29BrN4O3S/c1-2-23-9-11-24(12-10-23)8-6-22-29(27,28)18-14-17(21)13-16-5-7-25(19(16)18)20(26)15-3-4-15/h13-15,22H,2-12H2,1H3. The molecule has 1 N–H and O–H groups in total. The number of carbonyl (C=O) groups is 1. The molecule has 3 aliphatic rings. The van der Waals surface area contributed by atoms with Crippen LogP contribution in [0.1, 0.15) is 25.3 Å². The Balaban J connectivity index is 1.46. The van der Waals surface area contributed by atoms with E-state index in [0.717, 1.165) is 55.6 Å². The fraction of sp³-hybridized carbons (Fsp3) is 0.650. The molecule has 2 fully saturated rings. The molecule has 1 aliphatic carbocycles. The van der Waals surface area contributed by atoms with Crippen molar-refractivity contribution in [2.24, 2.45) is 5.92 Å². The summed E-state index contributed by atoms with van der Waals surface area (Å²) >= 11 is 3.44. The van der Waals surface area contributed by atoms with Gasteiger partial charge >= 0.3 is 0 Å². The van der Waals surface area contributed by atoms with Gasteiger partial charge in [-0.05, 0) is 43.5 Å². The summed E-state index contributed by atoms with van der Waals surface area (Å²) in [4.78, 5) is 19.3. The predicted octanol–water partition coefficient (Wildman–Crippen LogP) is 1.66. The first-order chi connectivity index (χ1) is 13.9. The van der Waals surface area contributed by atoms with E-state index >= 15 is 0 Å². The summed E-state index contributed by atoms with van der Waals surface area (Å²) in [7, 11) is -3.71. The number of hydrogen-bond donors (Lipinski definition) is 1. The van der Waals surface area contributed by atoms with Crippen LogP contribution in [0.3, 0.4) is 0 Å². The summed E-state index contributed by atoms with van der Waals surface area (Å²) in [6, 6.07) is 3.56. The number of amides is 1. The first-order valence-corrected chi connectivity index (χ1v) is 12.7. The summed E-state index contributed by atoms with van der Waals surface area (Å²) in [6.45, 7) is 8.83. The molecule has 9 heteroatoms. The Morgan fingerprint density at radius 3 is 2.48 bits per heavy atom. The van der Waals surface area contributed by atoms with Crippen molar-refractivity contribution < 1.29 is 13.2 Å². The van der Waals surface area contributed by atoms with Gasteiger partial charge in [-0.3, -0.25) is 9.69 Å². The van der Waals surface area contributed by atoms with Gasteiger partial charge in [0.05, 0.1) is 5.69 Å². The maximum absolute atomic E-state index is 13.1. The number of likely N-dealkylation sites (N-methyl/N-ethyl adjacent to an activating group) is 1. The molecule has 0 unspecified atom stereocenters. The van der Waals surface area contributed by atoms with E-state index in [1.54, 1.807) is 11.0 Å². The Bertz CT molecular complexity index is 880. The van der Waals surface area contributed by atoms with Gasteiger partial charge < -0.3 is 9.80 Å². The van der Waals surface area contributed by atoms with E-state index < -0.39 is 10.0 Å². The highest BCUT2D eigenvalue weighted by molar-refractivity contribution is 9.10. The SMILES string of the molecule is CCN1CCN(CCNS(=O)(=O)c2cc(Br)cc3c2N(C(=O)C2CC2)CC3)CC1. The first kappa shape index (κ1) is 21.2. The minimum absolute atomic E-state index is 0.0647. The van der Waals surface area contributed by atoms with Crippen LogP contribution in [0.4, 0.5) is 5.69 Å². The van der Waals surface area contributed by atoms with Crippen molar-refractivity contribution in [1.82, 2.24) is 14.5 Å². The van der Waals surface area contributed by atoms with E-state index in [9.17, 15) is 13.2 Å². The van der Waals surface area contributed by atoms with Gasteiger partial charge in [0.25, 0.3) is 0 Å². The second-order valence-corrected chi connectivity index (χ2v) is 10.8. The minimum atomic E-state index is -3.71. The van der Waals surface area contributed by atoms with Gasteiger partial charge in [0.1, 0.15) is 4.90 Å². The summed E-state index contributed by atoms with van der Waals surface area (Å²) in [5, 5.41) is 0. The molecule has 7 nitrogen and oxygen atoms in total. The molecule has 0 radical (unpaired) electrons. The Hall–Kier alpha value is -1.00. The number of hydrogen-bond acceptors (Lipinski definition) is 5. The van der Waals surface area contributed by atoms with Crippen LogP contribution in [0.25, 0.3) is 0 Å². The van der Waals surface area contributed by atoms with Crippen LogP contribution in [0.2, 0.25) is 0 Å². The highest BCUT2D eigenvalue weighted by Gasteiger charge is 2.39. The van der Waals surface area contributed by atoms with E-state index in [4.69, 9.17) is 0 Å². The molecule has 1 saturated heterocycles. The molecule has 1 aromatic carbocycles. The third-order valence-corrected chi connectivity index (χ3v) is 8.04. The zero-order chi connectivity index (χ0) is 20.6. The lowest BCUT2D eigenvalue weighted by Crippen LogP contribution is -2.48. The van der Waals surface area contributed by atoms with Crippen molar-refractivity contribution in [3.05, 3.63) is 22.2 Å². The van der Waals surface area contributed by atoms with Gasteiger partial charge in [0.2, 0.25) is 15.9 Å². The molecule has 0 bridgehead atoms. The van der Waals surface area contributed by atoms with Crippen molar-refractivity contribution in [3.8, 4) is 0 Å². The van der Waals surface area contributed by atoms with E-state index in [1.165, 1.54) is 0 Å². The van der Waals surface area contributed by atoms with Gasteiger partial charge in [-0.15, -0.1) is 0 Å². The second-order valence-electron chi connectivity index (χ2n) is 8.10. The zero-order valence-corrected chi connectivity index (χ0v) is 19.3. The molecule has 2 heterocycles. The number of rotatable bonds is 7. The molecule has 0 aromatic heterocycles. The summed E-state index contributed by atoms with van der Waals surface area (Å²) in [5.41, 5.74) is 1.50. The van der Waals surface area contributed by atoms with Crippen LogP contribution in [0.5, 0.6) is 0 Å². The van der Waals surface area contributed by atoms with Crippen LogP contribution in [-0.2, 0) is 21.2 Å². The van der Waals surface area contributed by atoms with Gasteiger partial charge in [0, 0.05) is 56.2 Å². The van der Waals surface area contributed by atoms with E-state index in [-0.39, 0.29) is 16.7 Å². The average molecular weight is 485 g/mol. The minimum Gasteiger partial charge on any atom is -0.310 e. The number of anilines is 1. The molecular weight excluding hydrogens is 456 g/mol. The van der Waals surface area contributed by atoms with Gasteiger partial charge in [-0.2, -0.15) is 0 Å². The lowest BCUT2D eigenvalue weighted by atomic mass is 10.2. The largest absolute Gasteiger partial charge is 0.310 e. The van der Waals surface area contributed by atoms with Crippen LogP contribution >= 0.6 is 15.9 Å². The molecule has 29 heavy (non-hydrogen) atoms. The molecule has 1 aromatic rings. The first-order valence-electron chi connectivity index (χ1n) is 10.5. The molecule has 0 atom stereocenters. The van der Waals surface area contributed by atoms with E-state index in [1.807, 2.05) is 6.07 Å². The third kappa shape index (κ3) is 4.69. The van der Waals surface area contributed by atoms with E-state index in [2.05, 4.69) is 37.4 Å². The number of halogens is 1. The Morgan fingerprint density at radius 2 is 1.83 bits per heavy atom.